The third-order valence-electron chi connectivity index (χ3n) is 5.68. The lowest BCUT2D eigenvalue weighted by Crippen LogP contribution is -2.21. The van der Waals surface area contributed by atoms with Crippen LogP contribution in [-0.4, -0.2) is 28.7 Å². The fourth-order valence-corrected chi connectivity index (χ4v) is 5.20. The lowest BCUT2D eigenvalue weighted by Gasteiger charge is -2.18. The Balaban J connectivity index is 1.35. The zero-order chi connectivity index (χ0) is 27.7. The third-order valence-corrected chi connectivity index (χ3v) is 7.50. The molecule has 0 radical (unpaired) electrons. The highest BCUT2D eigenvalue weighted by Gasteiger charge is 2.27. The van der Waals surface area contributed by atoms with Crippen LogP contribution in [0, 0.1) is 0 Å². The highest BCUT2D eigenvalue weighted by molar-refractivity contribution is 9.10. The van der Waals surface area contributed by atoms with E-state index < -0.39 is 19.2 Å². The molecule has 0 unspecified atom stereocenters. The Morgan fingerprint density at radius 1 is 0.949 bits per heavy atom. The predicted molar refractivity (Wildman–Crippen MR) is 150 cm³/mol. The highest BCUT2D eigenvalue weighted by atomic mass is 79.9. The number of phosphoric acid groups is 1. The Hall–Kier alpha value is -3.14. The molecule has 0 saturated heterocycles. The number of phosphoric ester groups is 1. The van der Waals surface area contributed by atoms with E-state index in [9.17, 15) is 14.2 Å². The van der Waals surface area contributed by atoms with Crippen LogP contribution in [0.4, 0.5) is 0 Å². The molecule has 0 atom stereocenters. The van der Waals surface area contributed by atoms with Gasteiger partial charge in [-0.1, -0.05) is 60.7 Å². The Bertz CT molecular complexity index is 1470. The Kier molecular flexibility index (Phi) is 10.2. The number of fused-ring (bicyclic) bond motifs is 1. The predicted octanol–water partition coefficient (Wildman–Crippen LogP) is 6.28. The Morgan fingerprint density at radius 3 is 2.15 bits per heavy atom. The first-order chi connectivity index (χ1) is 18.9. The van der Waals surface area contributed by atoms with Crippen molar-refractivity contribution in [1.29, 1.82) is 0 Å². The van der Waals surface area contributed by atoms with E-state index >= 15 is 0 Å². The van der Waals surface area contributed by atoms with Crippen molar-refractivity contribution >= 4 is 40.8 Å². The molecule has 0 bridgehead atoms. The SMILES string of the molecule is CCn1cc(C(=O)OCCCOP(=O)(OCc2ccccc2)OCc2ccccc2)c(=O)c2cc(Br)cnc21. The molecular formula is C28H28BrN2O7P. The van der Waals surface area contributed by atoms with Gasteiger partial charge >= 0.3 is 13.8 Å². The van der Waals surface area contributed by atoms with E-state index in [0.717, 1.165) is 11.1 Å². The number of aromatic nitrogens is 2. The minimum atomic E-state index is -3.93. The van der Waals surface area contributed by atoms with Gasteiger partial charge in [0, 0.05) is 29.8 Å². The molecule has 204 valence electrons. The summed E-state index contributed by atoms with van der Waals surface area (Å²) in [5.74, 6) is -0.757. The standard InChI is InChI=1S/C28H28BrN2O7P/c1-2-31-18-25(26(32)24-16-23(29)17-30-27(24)31)28(33)35-14-9-15-36-39(34,37-19-21-10-5-3-6-11-21)38-20-22-12-7-4-8-13-22/h3-8,10-13,16-18H,2,9,14-15,19-20H2,1H3. The molecule has 39 heavy (non-hydrogen) atoms. The molecule has 0 saturated carbocycles. The minimum absolute atomic E-state index is 0.0402. The molecule has 4 aromatic rings. The van der Waals surface area contributed by atoms with Crippen LogP contribution in [0.1, 0.15) is 34.8 Å². The second-order valence-corrected chi connectivity index (χ2v) is 11.1. The van der Waals surface area contributed by atoms with Crippen molar-refractivity contribution in [3.05, 3.63) is 111 Å². The van der Waals surface area contributed by atoms with Gasteiger partial charge in [0.25, 0.3) is 0 Å². The number of pyridine rings is 2. The summed E-state index contributed by atoms with van der Waals surface area (Å²) in [5.41, 5.74) is 1.56. The Labute approximate surface area is 234 Å². The average molecular weight is 615 g/mol. The normalized spacial score (nSPS) is 11.5. The van der Waals surface area contributed by atoms with Crippen LogP contribution in [0.3, 0.4) is 0 Å². The molecular weight excluding hydrogens is 587 g/mol. The topological polar surface area (TPSA) is 106 Å². The molecule has 9 nitrogen and oxygen atoms in total. The summed E-state index contributed by atoms with van der Waals surface area (Å²) >= 11 is 3.31. The van der Waals surface area contributed by atoms with Gasteiger partial charge < -0.3 is 9.30 Å². The van der Waals surface area contributed by atoms with Gasteiger partial charge in [-0.2, -0.15) is 0 Å². The molecule has 0 aliphatic carbocycles. The Morgan fingerprint density at radius 2 is 1.56 bits per heavy atom. The van der Waals surface area contributed by atoms with Crippen LogP contribution in [0.2, 0.25) is 0 Å². The summed E-state index contributed by atoms with van der Waals surface area (Å²) < 4.78 is 37.7. The summed E-state index contributed by atoms with van der Waals surface area (Å²) in [6, 6.07) is 20.1. The number of carbonyl (C=O) groups excluding carboxylic acids is 1. The number of esters is 1. The van der Waals surface area contributed by atoms with E-state index in [-0.39, 0.29) is 38.4 Å². The van der Waals surface area contributed by atoms with Crippen LogP contribution >= 0.6 is 23.8 Å². The summed E-state index contributed by atoms with van der Waals surface area (Å²) in [5, 5.41) is 0.316. The summed E-state index contributed by atoms with van der Waals surface area (Å²) in [7, 11) is -3.93. The number of benzene rings is 2. The fraction of sp³-hybridized carbons (Fsp3) is 0.250. The van der Waals surface area contributed by atoms with Crippen molar-refractivity contribution in [3.8, 4) is 0 Å². The van der Waals surface area contributed by atoms with Gasteiger partial charge in [-0.05, 0) is 40.0 Å². The average Bonchev–Trinajstić information content (AvgIpc) is 2.96. The monoisotopic (exact) mass is 614 g/mol. The number of hydrogen-bond acceptors (Lipinski definition) is 8. The molecule has 11 heteroatoms. The molecule has 2 heterocycles. The molecule has 4 rings (SSSR count). The maximum atomic E-state index is 13.3. The minimum Gasteiger partial charge on any atom is -0.462 e. The molecule has 2 aromatic heterocycles. The van der Waals surface area contributed by atoms with Crippen molar-refractivity contribution in [1.82, 2.24) is 9.55 Å². The first kappa shape index (κ1) is 28.9. The zero-order valence-corrected chi connectivity index (χ0v) is 23.8. The van der Waals surface area contributed by atoms with Crippen LogP contribution in [-0.2, 0) is 42.6 Å². The third kappa shape index (κ3) is 7.94. The fourth-order valence-electron chi connectivity index (χ4n) is 3.68. The van der Waals surface area contributed by atoms with Crippen molar-refractivity contribution in [2.75, 3.05) is 13.2 Å². The smallest absolute Gasteiger partial charge is 0.462 e. The van der Waals surface area contributed by atoms with Crippen molar-refractivity contribution in [3.63, 3.8) is 0 Å². The quantitative estimate of drug-likeness (QED) is 0.0983. The maximum Gasteiger partial charge on any atom is 0.475 e. The second-order valence-electron chi connectivity index (χ2n) is 8.47. The van der Waals surface area contributed by atoms with Gasteiger partial charge in [-0.3, -0.25) is 18.4 Å². The molecule has 0 spiro atoms. The molecule has 0 fully saturated rings. The van der Waals surface area contributed by atoms with Gasteiger partial charge in [0.1, 0.15) is 11.2 Å². The van der Waals surface area contributed by atoms with Crippen molar-refractivity contribution < 1.29 is 27.7 Å². The number of rotatable bonds is 13. The highest BCUT2D eigenvalue weighted by Crippen LogP contribution is 2.51. The lowest BCUT2D eigenvalue weighted by atomic mass is 10.2. The molecule has 2 aromatic carbocycles. The van der Waals surface area contributed by atoms with Crippen LogP contribution in [0.25, 0.3) is 11.0 Å². The lowest BCUT2D eigenvalue weighted by molar-refractivity contribution is 0.0466. The van der Waals surface area contributed by atoms with Crippen molar-refractivity contribution in [2.24, 2.45) is 0 Å². The van der Waals surface area contributed by atoms with E-state index in [1.165, 1.54) is 6.20 Å². The van der Waals surface area contributed by atoms with E-state index in [2.05, 4.69) is 20.9 Å². The summed E-state index contributed by atoms with van der Waals surface area (Å²) in [6.45, 7) is 2.37. The first-order valence-electron chi connectivity index (χ1n) is 12.4. The van der Waals surface area contributed by atoms with Gasteiger partial charge in [-0.15, -0.1) is 0 Å². The molecule has 0 amide bonds. The van der Waals surface area contributed by atoms with Gasteiger partial charge in [0.05, 0.1) is 31.8 Å². The van der Waals surface area contributed by atoms with E-state index in [0.29, 0.717) is 22.1 Å². The number of carbonyl (C=O) groups is 1. The molecule has 0 N–H and O–H groups in total. The van der Waals surface area contributed by atoms with Crippen molar-refractivity contribution in [2.45, 2.75) is 33.1 Å². The number of ether oxygens (including phenoxy) is 1. The molecule has 0 aliphatic heterocycles. The first-order valence-corrected chi connectivity index (χ1v) is 14.6. The number of nitrogens with zero attached hydrogens (tertiary/aromatic N) is 2. The second kappa shape index (κ2) is 13.8. The van der Waals surface area contributed by atoms with Gasteiger partial charge in [0.2, 0.25) is 5.43 Å². The number of aryl methyl sites for hydroxylation is 1. The summed E-state index contributed by atoms with van der Waals surface area (Å²) in [4.78, 5) is 29.9. The number of hydrogen-bond donors (Lipinski definition) is 0. The van der Waals surface area contributed by atoms with Crippen LogP contribution in [0.15, 0.2) is 88.4 Å². The zero-order valence-electron chi connectivity index (χ0n) is 21.3. The maximum absolute atomic E-state index is 13.3. The number of halogens is 1. The van der Waals surface area contributed by atoms with E-state index in [1.807, 2.05) is 67.6 Å². The largest absolute Gasteiger partial charge is 0.475 e. The van der Waals surface area contributed by atoms with E-state index in [4.69, 9.17) is 18.3 Å². The van der Waals surface area contributed by atoms with Gasteiger partial charge in [-0.25, -0.2) is 14.3 Å². The van der Waals surface area contributed by atoms with E-state index in [1.54, 1.807) is 16.8 Å². The molecule has 0 aliphatic rings. The van der Waals surface area contributed by atoms with Gasteiger partial charge in [0.15, 0.2) is 0 Å². The van der Waals surface area contributed by atoms with Crippen LogP contribution in [0.5, 0.6) is 0 Å². The summed E-state index contributed by atoms with van der Waals surface area (Å²) in [6.07, 6.45) is 3.26. The van der Waals surface area contributed by atoms with Crippen LogP contribution < -0.4 is 5.43 Å².